The summed E-state index contributed by atoms with van der Waals surface area (Å²) in [6, 6.07) is 3.53. The first-order chi connectivity index (χ1) is 33.2. The van der Waals surface area contributed by atoms with Crippen LogP contribution < -0.4 is 18.9 Å². The van der Waals surface area contributed by atoms with Crippen LogP contribution in [0.3, 0.4) is 0 Å². The van der Waals surface area contributed by atoms with E-state index in [1.54, 1.807) is 55.5 Å². The van der Waals surface area contributed by atoms with E-state index in [2.05, 4.69) is 39.9 Å². The number of aldehydes is 4. The number of fused-ring (bicyclic) bond motifs is 4. The molecule has 0 N–H and O–H groups in total. The molecule has 342 valence electrons. The summed E-state index contributed by atoms with van der Waals surface area (Å²) in [6.45, 7) is 9.02. The lowest BCUT2D eigenvalue weighted by Crippen LogP contribution is -1.99. The summed E-state index contributed by atoms with van der Waals surface area (Å²) >= 11 is 1.47. The number of aromatic nitrogens is 12. The molecule has 11 heterocycles. The molecule has 0 unspecified atom stereocenters. The molecule has 9 aromatic rings. The predicted molar refractivity (Wildman–Crippen MR) is 246 cm³/mol. The molecule has 0 spiro atoms. The van der Waals surface area contributed by atoms with Crippen LogP contribution >= 0.6 is 11.3 Å². The number of carbonyl (C=O) groups excluding carboxylic acids is 4. The standard InChI is InChI=1S/2C12H11N3O2.C12H10N2O3.C11H8N4OS/c1-8-5-15(7-14-8)11-4-13-10(6-16)12-9(11)2-3-17-12;1-8-5-15(7-14-8)11-4-13-10(6-16)9-2-3-17-12(9)11;1-8-4-14(6-13-8)10-3-2-9(5-15)11-12(10)17-7-16-11;1-7-3-15(5-13-7)11-10-9(14-6-17-10)8(4-16)2-12-11/h2*4-7H,2-3H2,1H3;2-6H,7H2,1H3;2-6H,1H3. The normalized spacial score (nSPS) is 12.5. The molecule has 20 nitrogen and oxygen atoms in total. The van der Waals surface area contributed by atoms with E-state index in [1.165, 1.54) is 11.3 Å². The second kappa shape index (κ2) is 19.4. The van der Waals surface area contributed by atoms with Crippen LogP contribution in [0.1, 0.15) is 75.6 Å². The molecule has 21 heteroatoms. The van der Waals surface area contributed by atoms with Crippen LogP contribution in [-0.4, -0.2) is 103 Å². The van der Waals surface area contributed by atoms with Gasteiger partial charge in [0.15, 0.2) is 54.0 Å². The molecule has 0 fully saturated rings. The largest absolute Gasteiger partial charge is 0.491 e. The van der Waals surface area contributed by atoms with Crippen LogP contribution in [0, 0.1) is 27.7 Å². The third-order valence-corrected chi connectivity index (χ3v) is 11.6. The van der Waals surface area contributed by atoms with Gasteiger partial charge >= 0.3 is 0 Å². The average Bonchev–Trinajstić information content (AvgIpc) is 4.21. The third-order valence-electron chi connectivity index (χ3n) is 10.8. The molecular formula is C47H40N12O8S. The molecule has 0 saturated carbocycles. The molecule has 0 bridgehead atoms. The minimum Gasteiger partial charge on any atom is -0.491 e. The van der Waals surface area contributed by atoms with Gasteiger partial charge in [-0.2, -0.15) is 0 Å². The predicted octanol–water partition coefficient (Wildman–Crippen LogP) is 6.37. The van der Waals surface area contributed by atoms with E-state index in [0.29, 0.717) is 58.5 Å². The van der Waals surface area contributed by atoms with E-state index in [9.17, 15) is 19.2 Å². The average molecular weight is 933 g/mol. The maximum absolute atomic E-state index is 10.9. The van der Waals surface area contributed by atoms with Crippen molar-refractivity contribution >= 4 is 46.7 Å². The minimum absolute atomic E-state index is 0.140. The van der Waals surface area contributed by atoms with Gasteiger partial charge in [-0.3, -0.25) is 28.7 Å². The van der Waals surface area contributed by atoms with Gasteiger partial charge in [0, 0.05) is 55.0 Å². The van der Waals surface area contributed by atoms with Crippen molar-refractivity contribution in [1.82, 2.24) is 58.1 Å². The van der Waals surface area contributed by atoms with Crippen LogP contribution in [-0.2, 0) is 12.8 Å². The van der Waals surface area contributed by atoms with Gasteiger partial charge in [0.2, 0.25) is 6.79 Å². The summed E-state index contributed by atoms with van der Waals surface area (Å²) < 4.78 is 30.1. The molecule has 0 amide bonds. The van der Waals surface area contributed by atoms with Crippen LogP contribution in [0.2, 0.25) is 0 Å². The van der Waals surface area contributed by atoms with E-state index >= 15 is 0 Å². The minimum atomic E-state index is 0.140. The third kappa shape index (κ3) is 8.84. The lowest BCUT2D eigenvalue weighted by Gasteiger charge is -2.08. The van der Waals surface area contributed by atoms with Gasteiger partial charge in [-0.05, 0) is 39.8 Å². The number of hydrogen-bond donors (Lipinski definition) is 0. The van der Waals surface area contributed by atoms with Crippen molar-refractivity contribution in [3.8, 4) is 45.9 Å². The van der Waals surface area contributed by atoms with Crippen molar-refractivity contribution in [2.75, 3.05) is 20.0 Å². The van der Waals surface area contributed by atoms with Gasteiger partial charge in [0.1, 0.15) is 23.4 Å². The molecule has 0 radical (unpaired) electrons. The first-order valence-corrected chi connectivity index (χ1v) is 21.8. The number of benzene rings is 1. The molecule has 3 aliphatic rings. The van der Waals surface area contributed by atoms with E-state index in [0.717, 1.165) is 105 Å². The fourth-order valence-electron chi connectivity index (χ4n) is 7.61. The first-order valence-electron chi connectivity index (χ1n) is 21.0. The highest BCUT2D eigenvalue weighted by molar-refractivity contribution is 7.17. The SMILES string of the molecule is Cc1cn(-c2ccc(C=O)c3c2OCO3)cn1.Cc1cn(-c2cnc(C=O)c3c2CCO3)cn1.Cc1cn(-c2cnc(C=O)c3c2OCC3)cn1.Cc1cn(-c2ncc(C=O)c3ncsc23)cn1. The van der Waals surface area contributed by atoms with E-state index in [-0.39, 0.29) is 6.79 Å². The van der Waals surface area contributed by atoms with Gasteiger partial charge in [0.25, 0.3) is 0 Å². The Balaban J connectivity index is 0.000000113. The maximum Gasteiger partial charge on any atom is 0.231 e. The van der Waals surface area contributed by atoms with Crippen LogP contribution in [0.5, 0.6) is 23.0 Å². The number of carbonyl (C=O) groups is 4. The van der Waals surface area contributed by atoms with Crippen LogP contribution in [0.4, 0.5) is 0 Å². The van der Waals surface area contributed by atoms with Gasteiger partial charge < -0.3 is 32.6 Å². The number of thiazole rings is 1. The molecule has 0 atom stereocenters. The summed E-state index contributed by atoms with van der Waals surface area (Å²) in [5, 5.41) is 0. The number of ether oxygens (including phenoxy) is 4. The first kappa shape index (κ1) is 44.5. The summed E-state index contributed by atoms with van der Waals surface area (Å²) in [6.07, 6.45) is 23.9. The second-order valence-corrected chi connectivity index (χ2v) is 16.2. The highest BCUT2D eigenvalue weighted by Crippen LogP contribution is 2.40. The Kier molecular flexibility index (Phi) is 12.7. The Morgan fingerprint density at radius 2 is 1.06 bits per heavy atom. The van der Waals surface area contributed by atoms with E-state index < -0.39 is 0 Å². The zero-order chi connectivity index (χ0) is 47.3. The summed E-state index contributed by atoms with van der Waals surface area (Å²) in [5.74, 6) is 3.22. The number of nitrogens with zero attached hydrogens (tertiary/aromatic N) is 12. The molecule has 68 heavy (non-hydrogen) atoms. The number of rotatable bonds is 8. The quantitative estimate of drug-likeness (QED) is 0.151. The Morgan fingerprint density at radius 3 is 1.68 bits per heavy atom. The summed E-state index contributed by atoms with van der Waals surface area (Å²) in [7, 11) is 0. The van der Waals surface area contributed by atoms with Crippen molar-refractivity contribution in [2.45, 2.75) is 40.5 Å². The number of pyridine rings is 3. The number of hydrogen-bond acceptors (Lipinski definition) is 17. The van der Waals surface area contributed by atoms with Crippen molar-refractivity contribution in [3.05, 3.63) is 143 Å². The molecule has 0 aliphatic carbocycles. The topological polar surface area (TPSA) is 228 Å². The van der Waals surface area contributed by atoms with Gasteiger partial charge in [0.05, 0.1) is 106 Å². The van der Waals surface area contributed by atoms with E-state index in [1.807, 2.05) is 76.8 Å². The molecule has 3 aliphatic heterocycles. The van der Waals surface area contributed by atoms with Crippen molar-refractivity contribution in [3.63, 3.8) is 0 Å². The Labute approximate surface area is 390 Å². The highest BCUT2D eigenvalue weighted by atomic mass is 32.1. The lowest BCUT2D eigenvalue weighted by atomic mass is 10.1. The fraction of sp³-hybridized carbons (Fsp3) is 0.191. The second-order valence-electron chi connectivity index (χ2n) is 15.3. The molecule has 8 aromatic heterocycles. The zero-order valence-corrected chi connectivity index (χ0v) is 37.8. The maximum atomic E-state index is 10.9. The Hall–Kier alpha value is -8.72. The fourth-order valence-corrected chi connectivity index (χ4v) is 8.42. The molecule has 12 rings (SSSR count). The van der Waals surface area contributed by atoms with Crippen molar-refractivity contribution in [1.29, 1.82) is 0 Å². The monoisotopic (exact) mass is 932 g/mol. The molecule has 1 aromatic carbocycles. The highest BCUT2D eigenvalue weighted by Gasteiger charge is 2.25. The summed E-state index contributed by atoms with van der Waals surface area (Å²) in [5.41, 5.74) is 12.5. The van der Waals surface area contributed by atoms with Crippen LogP contribution in [0.25, 0.3) is 33.1 Å². The Morgan fingerprint density at radius 1 is 0.500 bits per heavy atom. The van der Waals surface area contributed by atoms with E-state index in [4.69, 9.17) is 18.9 Å². The smallest absolute Gasteiger partial charge is 0.231 e. The summed E-state index contributed by atoms with van der Waals surface area (Å²) in [4.78, 5) is 76.9. The van der Waals surface area contributed by atoms with Gasteiger partial charge in [-0.15, -0.1) is 11.3 Å². The molecular weight excluding hydrogens is 893 g/mol. The van der Waals surface area contributed by atoms with Gasteiger partial charge in [-0.1, -0.05) is 0 Å². The number of imidazole rings is 4. The molecule has 0 saturated heterocycles. The zero-order valence-electron chi connectivity index (χ0n) is 37.0. The van der Waals surface area contributed by atoms with Crippen molar-refractivity contribution in [2.24, 2.45) is 0 Å². The van der Waals surface area contributed by atoms with Crippen LogP contribution in [0.15, 0.2) is 86.3 Å². The number of aryl methyl sites for hydroxylation is 4. The lowest BCUT2D eigenvalue weighted by molar-refractivity contribution is 0.110. The van der Waals surface area contributed by atoms with Gasteiger partial charge in [-0.25, -0.2) is 34.9 Å². The van der Waals surface area contributed by atoms with Crippen molar-refractivity contribution < 1.29 is 38.1 Å². The Bertz CT molecular complexity index is 3100.